The van der Waals surface area contributed by atoms with Crippen molar-refractivity contribution in [2.75, 3.05) is 26.2 Å². The van der Waals surface area contributed by atoms with E-state index in [4.69, 9.17) is 9.47 Å². The van der Waals surface area contributed by atoms with Gasteiger partial charge in [0.25, 0.3) is 5.91 Å². The van der Waals surface area contributed by atoms with Crippen molar-refractivity contribution in [2.45, 2.75) is 46.6 Å². The summed E-state index contributed by atoms with van der Waals surface area (Å²) in [5, 5.41) is 2.71. The molecule has 150 valence electrons. The fraction of sp³-hybridized carbons (Fsp3) is 0.550. The van der Waals surface area contributed by atoms with Gasteiger partial charge in [0.2, 0.25) is 5.91 Å². The van der Waals surface area contributed by atoms with Crippen LogP contribution in [0, 0.1) is 0 Å². The molecule has 0 aliphatic rings. The lowest BCUT2D eigenvalue weighted by atomic mass is 10.1. The summed E-state index contributed by atoms with van der Waals surface area (Å²) in [6.45, 7) is 8.55. The van der Waals surface area contributed by atoms with Crippen molar-refractivity contribution in [2.24, 2.45) is 0 Å². The molecule has 0 unspecified atom stereocenters. The molecule has 7 nitrogen and oxygen atoms in total. The van der Waals surface area contributed by atoms with Crippen LogP contribution >= 0.6 is 0 Å². The molecule has 0 heterocycles. The molecule has 0 radical (unpaired) electrons. The van der Waals surface area contributed by atoms with Crippen LogP contribution in [-0.2, 0) is 14.3 Å². The van der Waals surface area contributed by atoms with Crippen LogP contribution in [0.4, 0.5) is 0 Å². The second-order valence-electron chi connectivity index (χ2n) is 6.37. The number of rotatable bonds is 11. The van der Waals surface area contributed by atoms with Crippen LogP contribution in [0.5, 0.6) is 5.75 Å². The number of hydrogen-bond donors (Lipinski definition) is 1. The van der Waals surface area contributed by atoms with Crippen LogP contribution in [0.15, 0.2) is 24.3 Å². The lowest BCUT2D eigenvalue weighted by Crippen LogP contribution is -2.36. The summed E-state index contributed by atoms with van der Waals surface area (Å²) in [7, 11) is 0. The van der Waals surface area contributed by atoms with Crippen LogP contribution in [0.1, 0.15) is 50.9 Å². The third kappa shape index (κ3) is 9.08. The maximum atomic E-state index is 12.8. The van der Waals surface area contributed by atoms with E-state index < -0.39 is 0 Å². The average Bonchev–Trinajstić information content (AvgIpc) is 2.60. The zero-order valence-electron chi connectivity index (χ0n) is 16.6. The standard InChI is InChI=1S/C20H30N2O5/c1-5-26-19(24)11-14-22(13-6-12-21-16(4)23)20(25)17-7-9-18(10-8-17)27-15(2)3/h7-10,15H,5-6,11-14H2,1-4H3,(H,21,23). The van der Waals surface area contributed by atoms with Gasteiger partial charge in [-0.2, -0.15) is 0 Å². The van der Waals surface area contributed by atoms with E-state index in [9.17, 15) is 14.4 Å². The van der Waals surface area contributed by atoms with Crippen molar-refractivity contribution in [3.63, 3.8) is 0 Å². The third-order valence-corrected chi connectivity index (χ3v) is 3.63. The van der Waals surface area contributed by atoms with E-state index >= 15 is 0 Å². The monoisotopic (exact) mass is 378 g/mol. The highest BCUT2D eigenvalue weighted by Crippen LogP contribution is 2.15. The lowest BCUT2D eigenvalue weighted by Gasteiger charge is -2.23. The molecule has 1 rings (SSSR count). The molecule has 1 aromatic carbocycles. The van der Waals surface area contributed by atoms with Crippen LogP contribution in [0.25, 0.3) is 0 Å². The summed E-state index contributed by atoms with van der Waals surface area (Å²) in [6.07, 6.45) is 0.790. The molecule has 0 saturated heterocycles. The minimum Gasteiger partial charge on any atom is -0.491 e. The number of ether oxygens (including phenoxy) is 2. The summed E-state index contributed by atoms with van der Waals surface area (Å²) in [4.78, 5) is 37.0. The molecule has 0 bridgehead atoms. The SMILES string of the molecule is CCOC(=O)CCN(CCCNC(C)=O)C(=O)c1ccc(OC(C)C)cc1. The number of carbonyl (C=O) groups excluding carboxylic acids is 3. The van der Waals surface area contributed by atoms with Crippen molar-refractivity contribution < 1.29 is 23.9 Å². The van der Waals surface area contributed by atoms with E-state index in [-0.39, 0.29) is 36.9 Å². The number of carbonyl (C=O) groups is 3. The number of nitrogens with zero attached hydrogens (tertiary/aromatic N) is 1. The molecule has 2 amide bonds. The summed E-state index contributed by atoms with van der Waals surface area (Å²) in [5.74, 6) is 0.0847. The fourth-order valence-corrected chi connectivity index (χ4v) is 2.44. The zero-order valence-corrected chi connectivity index (χ0v) is 16.6. The van der Waals surface area contributed by atoms with Gasteiger partial charge >= 0.3 is 5.97 Å². The number of benzene rings is 1. The number of hydrogen-bond acceptors (Lipinski definition) is 5. The predicted molar refractivity (Wildman–Crippen MR) is 103 cm³/mol. The van der Waals surface area contributed by atoms with Gasteiger partial charge < -0.3 is 19.7 Å². The van der Waals surface area contributed by atoms with Crippen molar-refractivity contribution in [3.8, 4) is 5.75 Å². The Labute approximate surface area is 161 Å². The zero-order chi connectivity index (χ0) is 20.2. The van der Waals surface area contributed by atoms with Crippen molar-refractivity contribution in [1.29, 1.82) is 0 Å². The molecule has 7 heteroatoms. The maximum Gasteiger partial charge on any atom is 0.307 e. The number of nitrogens with one attached hydrogen (secondary N) is 1. The average molecular weight is 378 g/mol. The Morgan fingerprint density at radius 3 is 2.33 bits per heavy atom. The van der Waals surface area contributed by atoms with Crippen LogP contribution in [-0.4, -0.2) is 55.0 Å². The molecule has 0 fully saturated rings. The van der Waals surface area contributed by atoms with E-state index in [0.717, 1.165) is 0 Å². The van der Waals surface area contributed by atoms with Crippen molar-refractivity contribution in [3.05, 3.63) is 29.8 Å². The summed E-state index contributed by atoms with van der Waals surface area (Å²) in [6, 6.07) is 6.94. The molecular formula is C20H30N2O5. The minimum atomic E-state index is -0.335. The molecule has 0 aliphatic carbocycles. The molecule has 0 saturated carbocycles. The van der Waals surface area contributed by atoms with Crippen LogP contribution < -0.4 is 10.1 Å². The Bertz CT molecular complexity index is 613. The highest BCUT2D eigenvalue weighted by Gasteiger charge is 2.17. The Hall–Kier alpha value is -2.57. The highest BCUT2D eigenvalue weighted by atomic mass is 16.5. The summed E-state index contributed by atoms with van der Waals surface area (Å²) in [5.41, 5.74) is 0.523. The first-order valence-corrected chi connectivity index (χ1v) is 9.29. The van der Waals surface area contributed by atoms with E-state index in [1.54, 1.807) is 36.1 Å². The molecule has 1 N–H and O–H groups in total. The van der Waals surface area contributed by atoms with Gasteiger partial charge in [0.1, 0.15) is 5.75 Å². The topological polar surface area (TPSA) is 84.9 Å². The largest absolute Gasteiger partial charge is 0.491 e. The quantitative estimate of drug-likeness (QED) is 0.472. The van der Waals surface area contributed by atoms with Gasteiger partial charge in [-0.25, -0.2) is 0 Å². The van der Waals surface area contributed by atoms with Crippen molar-refractivity contribution in [1.82, 2.24) is 10.2 Å². The predicted octanol–water partition coefficient (Wildman–Crippen LogP) is 2.40. The molecule has 0 aliphatic heterocycles. The van der Waals surface area contributed by atoms with E-state index in [2.05, 4.69) is 5.32 Å². The maximum absolute atomic E-state index is 12.8. The normalized spacial score (nSPS) is 10.4. The lowest BCUT2D eigenvalue weighted by molar-refractivity contribution is -0.143. The molecule has 0 atom stereocenters. The van der Waals surface area contributed by atoms with Gasteiger partial charge in [0, 0.05) is 32.1 Å². The molecule has 27 heavy (non-hydrogen) atoms. The molecule has 1 aromatic rings. The first-order valence-electron chi connectivity index (χ1n) is 9.29. The summed E-state index contributed by atoms with van der Waals surface area (Å²) >= 11 is 0. The Morgan fingerprint density at radius 1 is 1.11 bits per heavy atom. The van der Waals surface area contributed by atoms with Crippen LogP contribution in [0.3, 0.4) is 0 Å². The van der Waals surface area contributed by atoms with Gasteiger partial charge in [-0.3, -0.25) is 14.4 Å². The fourth-order valence-electron chi connectivity index (χ4n) is 2.44. The van der Waals surface area contributed by atoms with Crippen LogP contribution in [0.2, 0.25) is 0 Å². The highest BCUT2D eigenvalue weighted by molar-refractivity contribution is 5.94. The van der Waals surface area contributed by atoms with Gasteiger partial charge in [0.05, 0.1) is 19.1 Å². The van der Waals surface area contributed by atoms with Gasteiger partial charge in [-0.1, -0.05) is 0 Å². The first kappa shape index (κ1) is 22.5. The van der Waals surface area contributed by atoms with E-state index in [1.807, 2.05) is 13.8 Å². The van der Waals surface area contributed by atoms with Gasteiger partial charge in [0.15, 0.2) is 0 Å². The van der Waals surface area contributed by atoms with Gasteiger partial charge in [-0.15, -0.1) is 0 Å². The Balaban J connectivity index is 2.74. The second-order valence-corrected chi connectivity index (χ2v) is 6.37. The number of esters is 1. The Kier molecular flexibility index (Phi) is 9.93. The molecular weight excluding hydrogens is 348 g/mol. The van der Waals surface area contributed by atoms with Crippen molar-refractivity contribution >= 4 is 17.8 Å². The van der Waals surface area contributed by atoms with E-state index in [1.165, 1.54) is 6.92 Å². The Morgan fingerprint density at radius 2 is 1.78 bits per heavy atom. The molecule has 0 spiro atoms. The first-order chi connectivity index (χ1) is 12.8. The smallest absolute Gasteiger partial charge is 0.307 e. The molecule has 0 aromatic heterocycles. The third-order valence-electron chi connectivity index (χ3n) is 3.63. The van der Waals surface area contributed by atoms with Gasteiger partial charge in [-0.05, 0) is 51.5 Å². The minimum absolute atomic E-state index is 0.0569. The van der Waals surface area contributed by atoms with E-state index in [0.29, 0.717) is 37.4 Å². The number of amides is 2. The summed E-state index contributed by atoms with van der Waals surface area (Å²) < 4.78 is 10.5. The second kappa shape index (κ2) is 11.9.